The van der Waals surface area contributed by atoms with Crippen molar-refractivity contribution >= 4 is 33.6 Å². The van der Waals surface area contributed by atoms with Crippen LogP contribution in [-0.2, 0) is 0 Å². The van der Waals surface area contributed by atoms with Crippen LogP contribution in [-0.4, -0.2) is 15.2 Å². The standard InChI is InChI=1S/C17H12N4S/c1(12-9-19-20-10-12)3-16-8-15(11-22-16)21-14-2-4-17-13(7-14)5-6-18-17/h2,4-11,18,21H,(H,19,20). The maximum atomic E-state index is 3.88. The molecule has 106 valence electrons. The van der Waals surface area contributed by atoms with Gasteiger partial charge in [-0.15, -0.1) is 11.3 Å². The van der Waals surface area contributed by atoms with E-state index < -0.39 is 0 Å². The molecule has 1 aromatic carbocycles. The fourth-order valence-electron chi connectivity index (χ4n) is 2.22. The van der Waals surface area contributed by atoms with Crippen molar-refractivity contribution in [3.63, 3.8) is 0 Å². The van der Waals surface area contributed by atoms with Gasteiger partial charge in [0.2, 0.25) is 0 Å². The molecule has 0 amide bonds. The third-order valence-corrected chi connectivity index (χ3v) is 4.12. The van der Waals surface area contributed by atoms with Gasteiger partial charge in [-0.05, 0) is 30.3 Å². The largest absolute Gasteiger partial charge is 0.361 e. The number of nitrogens with zero attached hydrogens (tertiary/aromatic N) is 1. The molecule has 3 aromatic heterocycles. The third-order valence-electron chi connectivity index (χ3n) is 3.27. The van der Waals surface area contributed by atoms with Crippen molar-refractivity contribution in [3.8, 4) is 11.8 Å². The van der Waals surface area contributed by atoms with Crippen molar-refractivity contribution in [1.29, 1.82) is 0 Å². The van der Waals surface area contributed by atoms with Gasteiger partial charge < -0.3 is 10.3 Å². The number of anilines is 2. The summed E-state index contributed by atoms with van der Waals surface area (Å²) in [4.78, 5) is 4.21. The smallest absolute Gasteiger partial charge is 0.0793 e. The van der Waals surface area contributed by atoms with Crippen LogP contribution in [0.5, 0.6) is 0 Å². The zero-order valence-corrected chi connectivity index (χ0v) is 12.4. The predicted molar refractivity (Wildman–Crippen MR) is 90.5 cm³/mol. The van der Waals surface area contributed by atoms with Crippen LogP contribution in [0, 0.1) is 11.8 Å². The summed E-state index contributed by atoms with van der Waals surface area (Å²) in [5.41, 5.74) is 4.15. The lowest BCUT2D eigenvalue weighted by molar-refractivity contribution is 1.09. The Bertz CT molecular complexity index is 967. The second-order valence-corrected chi connectivity index (χ2v) is 5.75. The number of thiophene rings is 1. The Kier molecular flexibility index (Phi) is 3.15. The minimum Gasteiger partial charge on any atom is -0.361 e. The molecule has 0 aliphatic rings. The van der Waals surface area contributed by atoms with Crippen molar-refractivity contribution in [3.05, 3.63) is 64.7 Å². The number of aromatic nitrogens is 3. The van der Waals surface area contributed by atoms with Gasteiger partial charge in [0.15, 0.2) is 0 Å². The molecule has 0 bridgehead atoms. The molecule has 0 fully saturated rings. The summed E-state index contributed by atoms with van der Waals surface area (Å²) in [6.07, 6.45) is 5.44. The summed E-state index contributed by atoms with van der Waals surface area (Å²) in [6.45, 7) is 0. The summed E-state index contributed by atoms with van der Waals surface area (Å²) in [6, 6.07) is 10.4. The van der Waals surface area contributed by atoms with Gasteiger partial charge >= 0.3 is 0 Å². The van der Waals surface area contributed by atoms with Crippen LogP contribution in [0.1, 0.15) is 10.4 Å². The van der Waals surface area contributed by atoms with E-state index in [1.165, 1.54) is 5.39 Å². The molecular formula is C17H12N4S. The molecule has 0 saturated heterocycles. The van der Waals surface area contributed by atoms with Gasteiger partial charge in [-0.2, -0.15) is 5.10 Å². The highest BCUT2D eigenvalue weighted by Crippen LogP contribution is 2.25. The first-order chi connectivity index (χ1) is 10.9. The van der Waals surface area contributed by atoms with Crippen molar-refractivity contribution < 1.29 is 0 Å². The van der Waals surface area contributed by atoms with Gasteiger partial charge in [-0.3, -0.25) is 5.10 Å². The van der Waals surface area contributed by atoms with Gasteiger partial charge in [0.05, 0.1) is 22.3 Å². The van der Waals surface area contributed by atoms with E-state index in [-0.39, 0.29) is 0 Å². The topological polar surface area (TPSA) is 56.5 Å². The molecule has 0 aliphatic heterocycles. The fraction of sp³-hybridized carbons (Fsp3) is 0. The monoisotopic (exact) mass is 304 g/mol. The number of nitrogens with one attached hydrogen (secondary N) is 3. The van der Waals surface area contributed by atoms with E-state index in [9.17, 15) is 0 Å². The van der Waals surface area contributed by atoms with Crippen LogP contribution < -0.4 is 5.32 Å². The second-order valence-electron chi connectivity index (χ2n) is 4.84. The number of hydrogen-bond acceptors (Lipinski definition) is 3. The molecule has 0 atom stereocenters. The summed E-state index contributed by atoms with van der Waals surface area (Å²) in [7, 11) is 0. The maximum Gasteiger partial charge on any atom is 0.0793 e. The van der Waals surface area contributed by atoms with Crippen LogP contribution in [0.15, 0.2) is 54.3 Å². The van der Waals surface area contributed by atoms with E-state index in [1.54, 1.807) is 23.7 Å². The first kappa shape index (κ1) is 12.7. The lowest BCUT2D eigenvalue weighted by Gasteiger charge is -2.03. The van der Waals surface area contributed by atoms with E-state index in [4.69, 9.17) is 0 Å². The maximum absolute atomic E-state index is 3.88. The molecule has 22 heavy (non-hydrogen) atoms. The molecule has 5 heteroatoms. The Labute approximate surface area is 131 Å². The number of hydrogen-bond donors (Lipinski definition) is 3. The Hall–Kier alpha value is -2.97. The normalized spacial score (nSPS) is 10.4. The van der Waals surface area contributed by atoms with E-state index in [2.05, 4.69) is 68.1 Å². The number of aromatic amines is 2. The van der Waals surface area contributed by atoms with Crippen molar-refractivity contribution in [2.24, 2.45) is 0 Å². The van der Waals surface area contributed by atoms with Crippen molar-refractivity contribution in [2.75, 3.05) is 5.32 Å². The lowest BCUT2D eigenvalue weighted by Crippen LogP contribution is -1.87. The van der Waals surface area contributed by atoms with Crippen LogP contribution in [0.2, 0.25) is 0 Å². The molecule has 4 nitrogen and oxygen atoms in total. The molecule has 3 heterocycles. The highest BCUT2D eigenvalue weighted by molar-refractivity contribution is 7.11. The molecule has 3 N–H and O–H groups in total. The molecule has 4 aromatic rings. The molecule has 0 spiro atoms. The average molecular weight is 304 g/mol. The Balaban J connectivity index is 1.53. The van der Waals surface area contributed by atoms with Crippen molar-refractivity contribution in [1.82, 2.24) is 15.2 Å². The minimum absolute atomic E-state index is 0.890. The van der Waals surface area contributed by atoms with Crippen LogP contribution in [0.25, 0.3) is 10.9 Å². The highest BCUT2D eigenvalue weighted by atomic mass is 32.1. The Morgan fingerprint density at radius 3 is 3.00 bits per heavy atom. The van der Waals surface area contributed by atoms with Crippen LogP contribution in [0.3, 0.4) is 0 Å². The van der Waals surface area contributed by atoms with E-state index in [0.717, 1.165) is 27.3 Å². The van der Waals surface area contributed by atoms with Gasteiger partial charge in [-0.1, -0.05) is 11.8 Å². The van der Waals surface area contributed by atoms with E-state index in [0.29, 0.717) is 0 Å². The molecule has 0 radical (unpaired) electrons. The SMILES string of the molecule is C(#Cc1cc(Nc2ccc3[nH]ccc3c2)cs1)c1cn[nH]c1. The number of fused-ring (bicyclic) bond motifs is 1. The first-order valence-electron chi connectivity index (χ1n) is 6.80. The Morgan fingerprint density at radius 2 is 2.09 bits per heavy atom. The molecule has 4 rings (SSSR count). The highest BCUT2D eigenvalue weighted by Gasteiger charge is 2.00. The average Bonchev–Trinajstić information content (AvgIpc) is 3.27. The summed E-state index contributed by atoms with van der Waals surface area (Å²) in [5, 5.41) is 13.3. The third kappa shape index (κ3) is 2.60. The summed E-state index contributed by atoms with van der Waals surface area (Å²) >= 11 is 1.62. The van der Waals surface area contributed by atoms with E-state index in [1.807, 2.05) is 6.20 Å². The second kappa shape index (κ2) is 5.43. The molecular weight excluding hydrogens is 292 g/mol. The first-order valence-corrected chi connectivity index (χ1v) is 7.68. The van der Waals surface area contributed by atoms with Crippen molar-refractivity contribution in [2.45, 2.75) is 0 Å². The number of H-pyrrole nitrogens is 2. The quantitative estimate of drug-likeness (QED) is 0.488. The summed E-state index contributed by atoms with van der Waals surface area (Å²) < 4.78 is 0. The minimum atomic E-state index is 0.890. The zero-order chi connectivity index (χ0) is 14.8. The molecule has 0 unspecified atom stereocenters. The lowest BCUT2D eigenvalue weighted by atomic mass is 10.2. The summed E-state index contributed by atoms with van der Waals surface area (Å²) in [5.74, 6) is 6.22. The number of benzene rings is 1. The van der Waals surface area contributed by atoms with Gasteiger partial charge in [-0.25, -0.2) is 0 Å². The van der Waals surface area contributed by atoms with E-state index >= 15 is 0 Å². The Morgan fingerprint density at radius 1 is 1.09 bits per heavy atom. The van der Waals surface area contributed by atoms with Gasteiger partial charge in [0, 0.05) is 34.4 Å². The number of rotatable bonds is 2. The van der Waals surface area contributed by atoms with Gasteiger partial charge in [0.1, 0.15) is 0 Å². The fourth-order valence-corrected chi connectivity index (χ4v) is 2.90. The van der Waals surface area contributed by atoms with Gasteiger partial charge in [0.25, 0.3) is 0 Å². The molecule has 0 aliphatic carbocycles. The zero-order valence-electron chi connectivity index (χ0n) is 11.6. The predicted octanol–water partition coefficient (Wildman–Crippen LogP) is 4.10. The molecule has 0 saturated carbocycles. The van der Waals surface area contributed by atoms with Crippen LogP contribution >= 0.6 is 11.3 Å². The van der Waals surface area contributed by atoms with Crippen LogP contribution in [0.4, 0.5) is 11.4 Å².